The minimum absolute atomic E-state index is 0.194. The van der Waals surface area contributed by atoms with Crippen LogP contribution in [-0.2, 0) is 13.0 Å². The van der Waals surface area contributed by atoms with Gasteiger partial charge < -0.3 is 4.57 Å². The molecule has 5 nitrogen and oxygen atoms in total. The van der Waals surface area contributed by atoms with Crippen LogP contribution in [0.25, 0.3) is 0 Å². The number of halogens is 1. The molecule has 2 aromatic rings. The first-order chi connectivity index (χ1) is 11.1. The van der Waals surface area contributed by atoms with Crippen molar-refractivity contribution in [2.24, 2.45) is 0 Å². The Kier molecular flexibility index (Phi) is 4.20. The molecule has 0 amide bonds. The van der Waals surface area contributed by atoms with Gasteiger partial charge in [-0.05, 0) is 43.5 Å². The second-order valence-electron chi connectivity index (χ2n) is 5.88. The molecule has 0 fully saturated rings. The highest BCUT2D eigenvalue weighted by Crippen LogP contribution is 2.24. The third kappa shape index (κ3) is 3.00. The zero-order valence-electron chi connectivity index (χ0n) is 12.9. The Morgan fingerprint density at radius 3 is 2.87 bits per heavy atom. The second kappa shape index (κ2) is 6.29. The lowest BCUT2D eigenvalue weighted by Crippen LogP contribution is -2.18. The van der Waals surface area contributed by atoms with E-state index in [1.54, 1.807) is 13.0 Å². The molecule has 23 heavy (non-hydrogen) atoms. The first-order valence-corrected chi connectivity index (χ1v) is 7.73. The molecular formula is C17H17FN4O. The molecule has 0 radical (unpaired) electrons. The molecule has 118 valence electrons. The Hall–Kier alpha value is -2.55. The fraction of sp³-hybridized carbons (Fsp3) is 0.412. The lowest BCUT2D eigenvalue weighted by Gasteiger charge is -2.11. The molecule has 2 heterocycles. The van der Waals surface area contributed by atoms with Gasteiger partial charge in [-0.3, -0.25) is 4.79 Å². The van der Waals surface area contributed by atoms with E-state index in [-0.39, 0.29) is 5.56 Å². The van der Waals surface area contributed by atoms with Crippen LogP contribution in [0.3, 0.4) is 0 Å². The van der Waals surface area contributed by atoms with Gasteiger partial charge in [0.15, 0.2) is 17.5 Å². The number of nitrogens with zero attached hydrogens (tertiary/aromatic N) is 4. The molecule has 0 unspecified atom stereocenters. The molecule has 0 bridgehead atoms. The van der Waals surface area contributed by atoms with Gasteiger partial charge in [-0.15, -0.1) is 10.2 Å². The van der Waals surface area contributed by atoms with Crippen molar-refractivity contribution >= 4 is 5.78 Å². The van der Waals surface area contributed by atoms with Crippen LogP contribution in [0.5, 0.6) is 0 Å². The van der Waals surface area contributed by atoms with Crippen LogP contribution in [0.4, 0.5) is 4.39 Å². The molecule has 0 aliphatic carbocycles. The lowest BCUT2D eigenvalue weighted by molar-refractivity contribution is 0.0974. The van der Waals surface area contributed by atoms with E-state index in [9.17, 15) is 14.4 Å². The Morgan fingerprint density at radius 1 is 1.30 bits per heavy atom. The number of benzene rings is 1. The van der Waals surface area contributed by atoms with Gasteiger partial charge in [-0.1, -0.05) is 6.42 Å². The van der Waals surface area contributed by atoms with E-state index in [1.165, 1.54) is 12.1 Å². The van der Waals surface area contributed by atoms with Crippen LogP contribution in [0.1, 0.15) is 52.8 Å². The Labute approximate surface area is 133 Å². The molecule has 1 aliphatic heterocycles. The number of aromatic nitrogens is 3. The summed E-state index contributed by atoms with van der Waals surface area (Å²) in [6, 6.07) is 6.12. The first-order valence-electron chi connectivity index (χ1n) is 7.73. The van der Waals surface area contributed by atoms with Gasteiger partial charge in [0.05, 0.1) is 6.07 Å². The molecule has 6 heteroatoms. The van der Waals surface area contributed by atoms with E-state index in [4.69, 9.17) is 0 Å². The minimum Gasteiger partial charge on any atom is -0.313 e. The number of carbonyl (C=O) groups excluding carboxylic acids is 1. The van der Waals surface area contributed by atoms with Crippen molar-refractivity contribution in [3.8, 4) is 6.07 Å². The maximum atomic E-state index is 13.6. The van der Waals surface area contributed by atoms with Gasteiger partial charge in [-0.25, -0.2) is 4.39 Å². The number of ketones is 1. The number of Topliss-reactive ketones (excluding diaryl/α,β-unsaturated/α-hetero) is 1. The lowest BCUT2D eigenvalue weighted by atomic mass is 9.96. The topological polar surface area (TPSA) is 71.6 Å². The summed E-state index contributed by atoms with van der Waals surface area (Å²) in [6.07, 6.45) is 3.91. The molecule has 1 aliphatic rings. The van der Waals surface area contributed by atoms with E-state index in [1.807, 2.05) is 10.6 Å². The molecular weight excluding hydrogens is 295 g/mol. The monoisotopic (exact) mass is 312 g/mol. The molecule has 1 atom stereocenters. The van der Waals surface area contributed by atoms with Crippen LogP contribution < -0.4 is 0 Å². The maximum absolute atomic E-state index is 13.6. The molecule has 0 spiro atoms. The first kappa shape index (κ1) is 15.3. The van der Waals surface area contributed by atoms with Crippen LogP contribution in [0, 0.1) is 24.1 Å². The molecule has 1 aromatic heterocycles. The predicted molar refractivity (Wildman–Crippen MR) is 81.4 cm³/mol. The Balaban J connectivity index is 1.99. The van der Waals surface area contributed by atoms with Gasteiger partial charge in [-0.2, -0.15) is 5.26 Å². The van der Waals surface area contributed by atoms with Crippen LogP contribution in [0.2, 0.25) is 0 Å². The normalized spacial score (nSPS) is 15.3. The van der Waals surface area contributed by atoms with Crippen molar-refractivity contribution in [1.82, 2.24) is 14.8 Å². The van der Waals surface area contributed by atoms with Gasteiger partial charge >= 0.3 is 0 Å². The minimum atomic E-state index is -1.06. The van der Waals surface area contributed by atoms with Gasteiger partial charge in [0.2, 0.25) is 0 Å². The molecule has 3 rings (SSSR count). The fourth-order valence-corrected chi connectivity index (χ4v) is 3.00. The fourth-order valence-electron chi connectivity index (χ4n) is 3.00. The number of hydrogen-bond donors (Lipinski definition) is 0. The number of nitriles is 1. The average molecular weight is 312 g/mol. The van der Waals surface area contributed by atoms with Crippen molar-refractivity contribution in [3.05, 3.63) is 46.8 Å². The van der Waals surface area contributed by atoms with Crippen molar-refractivity contribution in [3.63, 3.8) is 0 Å². The van der Waals surface area contributed by atoms with Gasteiger partial charge in [0.25, 0.3) is 0 Å². The summed E-state index contributed by atoms with van der Waals surface area (Å²) in [4.78, 5) is 12.7. The number of hydrogen-bond acceptors (Lipinski definition) is 4. The van der Waals surface area contributed by atoms with Crippen molar-refractivity contribution in [2.45, 2.75) is 45.1 Å². The third-order valence-corrected chi connectivity index (χ3v) is 4.11. The van der Waals surface area contributed by atoms with Gasteiger partial charge in [0, 0.05) is 18.5 Å². The maximum Gasteiger partial charge on any atom is 0.187 e. The van der Waals surface area contributed by atoms with E-state index in [0.29, 0.717) is 17.9 Å². The largest absolute Gasteiger partial charge is 0.313 e. The quantitative estimate of drug-likeness (QED) is 0.817. The molecule has 0 N–H and O–H groups in total. The van der Waals surface area contributed by atoms with Crippen LogP contribution >= 0.6 is 0 Å². The number of aryl methyl sites for hydroxylation is 2. The molecule has 0 saturated carbocycles. The SMILES string of the molecule is Cc1cc(F)cc(C(=O)[C@@H](C#N)c2nnc3n2CCCCC3)c1. The number of carbonyl (C=O) groups is 1. The van der Waals surface area contributed by atoms with E-state index in [2.05, 4.69) is 10.2 Å². The van der Waals surface area contributed by atoms with Crippen LogP contribution in [0.15, 0.2) is 18.2 Å². The second-order valence-corrected chi connectivity index (χ2v) is 5.88. The number of fused-ring (bicyclic) bond motifs is 1. The highest BCUT2D eigenvalue weighted by molar-refractivity contribution is 6.02. The zero-order chi connectivity index (χ0) is 16.4. The summed E-state index contributed by atoms with van der Waals surface area (Å²) in [5, 5.41) is 17.7. The Morgan fingerprint density at radius 2 is 2.13 bits per heavy atom. The number of rotatable bonds is 3. The average Bonchev–Trinajstić information content (AvgIpc) is 2.76. The van der Waals surface area contributed by atoms with E-state index in [0.717, 1.165) is 31.5 Å². The summed E-state index contributed by atoms with van der Waals surface area (Å²) in [5.74, 6) is -0.785. The van der Waals surface area contributed by atoms with Crippen molar-refractivity contribution in [1.29, 1.82) is 5.26 Å². The smallest absolute Gasteiger partial charge is 0.187 e. The summed E-state index contributed by atoms with van der Waals surface area (Å²) in [7, 11) is 0. The predicted octanol–water partition coefficient (Wildman–Crippen LogP) is 2.94. The van der Waals surface area contributed by atoms with E-state index < -0.39 is 17.5 Å². The summed E-state index contributed by atoms with van der Waals surface area (Å²) in [6.45, 7) is 2.43. The third-order valence-electron chi connectivity index (χ3n) is 4.11. The van der Waals surface area contributed by atoms with Crippen molar-refractivity contribution < 1.29 is 9.18 Å². The highest BCUT2D eigenvalue weighted by Gasteiger charge is 2.29. The molecule has 1 aromatic carbocycles. The summed E-state index contributed by atoms with van der Waals surface area (Å²) < 4.78 is 15.4. The van der Waals surface area contributed by atoms with Gasteiger partial charge in [0.1, 0.15) is 11.6 Å². The highest BCUT2D eigenvalue weighted by atomic mass is 19.1. The molecule has 0 saturated heterocycles. The summed E-state index contributed by atoms with van der Waals surface area (Å²) in [5.41, 5.74) is 0.838. The standard InChI is InChI=1S/C17H17FN4O/c1-11-7-12(9-13(18)8-11)16(23)14(10-19)17-21-20-15-5-3-2-4-6-22(15)17/h7-9,14H,2-6H2,1H3/t14-/m1/s1. The summed E-state index contributed by atoms with van der Waals surface area (Å²) >= 11 is 0. The van der Waals surface area contributed by atoms with Crippen LogP contribution in [-0.4, -0.2) is 20.5 Å². The zero-order valence-corrected chi connectivity index (χ0v) is 12.9. The Bertz CT molecular complexity index is 770. The van der Waals surface area contributed by atoms with Crippen molar-refractivity contribution in [2.75, 3.05) is 0 Å². The van der Waals surface area contributed by atoms with E-state index >= 15 is 0 Å².